The molecule has 5 rings (SSSR count). The van der Waals surface area contributed by atoms with Crippen LogP contribution in [0.15, 0.2) is 48.5 Å². The van der Waals surface area contributed by atoms with Crippen LogP contribution in [0.25, 0.3) is 22.2 Å². The molecule has 0 spiro atoms. The van der Waals surface area contributed by atoms with E-state index >= 15 is 0 Å². The van der Waals surface area contributed by atoms with Gasteiger partial charge in [-0.3, -0.25) is 4.79 Å². The molecule has 2 aliphatic carbocycles. The first-order valence-corrected chi connectivity index (χ1v) is 11.5. The molecule has 0 aliphatic heterocycles. The number of pyridine rings is 1. The van der Waals surface area contributed by atoms with E-state index in [0.29, 0.717) is 28.7 Å². The number of carbonyl (C=O) groups is 1. The molecule has 1 N–H and O–H groups in total. The van der Waals surface area contributed by atoms with Gasteiger partial charge in [-0.1, -0.05) is 24.6 Å². The molecule has 2 fully saturated rings. The Morgan fingerprint density at radius 3 is 2.62 bits per heavy atom. The van der Waals surface area contributed by atoms with Gasteiger partial charge in [0.25, 0.3) is 5.91 Å². The Morgan fingerprint density at radius 1 is 1.06 bits per heavy atom. The molecular weight excluding hydrogens is 400 g/mol. The van der Waals surface area contributed by atoms with E-state index in [1.165, 1.54) is 25.7 Å². The molecule has 1 amide bonds. The molecule has 1 aromatic heterocycles. The summed E-state index contributed by atoms with van der Waals surface area (Å²) in [6.07, 6.45) is 5.26. The van der Waals surface area contributed by atoms with Crippen molar-refractivity contribution < 1.29 is 14.3 Å². The van der Waals surface area contributed by atoms with E-state index in [9.17, 15) is 4.79 Å². The number of aromatic nitrogens is 1. The Hall–Kier alpha value is -3.08. The third-order valence-corrected chi connectivity index (χ3v) is 7.44. The molecule has 32 heavy (non-hydrogen) atoms. The van der Waals surface area contributed by atoms with Gasteiger partial charge < -0.3 is 14.8 Å². The summed E-state index contributed by atoms with van der Waals surface area (Å²) >= 11 is 0. The van der Waals surface area contributed by atoms with Crippen LogP contribution >= 0.6 is 0 Å². The number of carbonyl (C=O) groups excluding carboxylic acids is 1. The zero-order valence-electron chi connectivity index (χ0n) is 18.9. The molecule has 1 heterocycles. The summed E-state index contributed by atoms with van der Waals surface area (Å²) in [5, 5.41) is 4.19. The van der Waals surface area contributed by atoms with Crippen molar-refractivity contribution in [3.05, 3.63) is 54.1 Å². The molecule has 0 saturated heterocycles. The van der Waals surface area contributed by atoms with Crippen LogP contribution in [0.5, 0.6) is 11.5 Å². The zero-order chi connectivity index (χ0) is 22.2. The van der Waals surface area contributed by atoms with Crippen molar-refractivity contribution in [2.75, 3.05) is 14.2 Å². The topological polar surface area (TPSA) is 60.5 Å². The van der Waals surface area contributed by atoms with Crippen LogP contribution in [0.2, 0.25) is 0 Å². The maximum Gasteiger partial charge on any atom is 0.252 e. The fraction of sp³-hybridized carbons (Fsp3) is 0.407. The number of amides is 1. The molecule has 4 atom stereocenters. The van der Waals surface area contributed by atoms with Crippen LogP contribution in [0.3, 0.4) is 0 Å². The molecule has 166 valence electrons. The number of hydrogen-bond donors (Lipinski definition) is 1. The number of rotatable bonds is 6. The lowest BCUT2D eigenvalue weighted by Gasteiger charge is -2.28. The number of para-hydroxylation sites is 1. The van der Waals surface area contributed by atoms with Gasteiger partial charge in [-0.05, 0) is 68.2 Å². The van der Waals surface area contributed by atoms with Gasteiger partial charge in [0, 0.05) is 23.1 Å². The van der Waals surface area contributed by atoms with Crippen LogP contribution in [-0.4, -0.2) is 31.2 Å². The largest absolute Gasteiger partial charge is 0.497 e. The Balaban J connectivity index is 1.51. The number of ether oxygens (including phenoxy) is 2. The van der Waals surface area contributed by atoms with Gasteiger partial charge in [0.2, 0.25) is 0 Å². The minimum Gasteiger partial charge on any atom is -0.497 e. The van der Waals surface area contributed by atoms with E-state index in [1.807, 2.05) is 48.5 Å². The minimum absolute atomic E-state index is 0.0346. The van der Waals surface area contributed by atoms with Crippen molar-refractivity contribution in [1.29, 1.82) is 0 Å². The van der Waals surface area contributed by atoms with Gasteiger partial charge in [-0.15, -0.1) is 0 Å². The number of benzene rings is 2. The summed E-state index contributed by atoms with van der Waals surface area (Å²) in [5.41, 5.74) is 2.98. The fourth-order valence-corrected chi connectivity index (χ4v) is 5.81. The summed E-state index contributed by atoms with van der Waals surface area (Å²) in [4.78, 5) is 18.3. The smallest absolute Gasteiger partial charge is 0.252 e. The first kappa shape index (κ1) is 20.8. The Bertz CT molecular complexity index is 1160. The highest BCUT2D eigenvalue weighted by molar-refractivity contribution is 6.07. The van der Waals surface area contributed by atoms with Crippen LogP contribution in [0.4, 0.5) is 0 Å². The molecular formula is C27H30N2O3. The molecule has 0 radical (unpaired) electrons. The third-order valence-electron chi connectivity index (χ3n) is 7.44. The predicted molar refractivity (Wildman–Crippen MR) is 126 cm³/mol. The van der Waals surface area contributed by atoms with Crippen LogP contribution in [0.1, 0.15) is 43.0 Å². The molecule has 2 aliphatic rings. The summed E-state index contributed by atoms with van der Waals surface area (Å²) in [5.74, 6) is 3.56. The Morgan fingerprint density at radius 2 is 1.91 bits per heavy atom. The number of nitrogens with zero attached hydrogens (tertiary/aromatic N) is 1. The number of methoxy groups -OCH3 is 2. The van der Waals surface area contributed by atoms with Gasteiger partial charge in [-0.25, -0.2) is 4.98 Å². The van der Waals surface area contributed by atoms with Crippen molar-refractivity contribution in [2.45, 2.75) is 38.6 Å². The first-order chi connectivity index (χ1) is 15.6. The average Bonchev–Trinajstić information content (AvgIpc) is 3.47. The zero-order valence-corrected chi connectivity index (χ0v) is 18.9. The van der Waals surface area contributed by atoms with Crippen molar-refractivity contribution in [3.8, 4) is 22.8 Å². The summed E-state index contributed by atoms with van der Waals surface area (Å²) < 4.78 is 10.9. The van der Waals surface area contributed by atoms with Gasteiger partial charge in [0.1, 0.15) is 11.5 Å². The van der Waals surface area contributed by atoms with E-state index in [1.54, 1.807) is 14.2 Å². The monoisotopic (exact) mass is 430 g/mol. The molecule has 5 heteroatoms. The van der Waals surface area contributed by atoms with Crippen molar-refractivity contribution in [3.63, 3.8) is 0 Å². The van der Waals surface area contributed by atoms with Crippen LogP contribution < -0.4 is 14.8 Å². The lowest BCUT2D eigenvalue weighted by atomic mass is 9.84. The van der Waals surface area contributed by atoms with Gasteiger partial charge in [-0.2, -0.15) is 0 Å². The highest BCUT2D eigenvalue weighted by atomic mass is 16.5. The first-order valence-electron chi connectivity index (χ1n) is 11.5. The van der Waals surface area contributed by atoms with Crippen LogP contribution in [0, 0.1) is 17.8 Å². The molecule has 5 nitrogen and oxygen atoms in total. The van der Waals surface area contributed by atoms with E-state index in [4.69, 9.17) is 14.5 Å². The molecule has 2 saturated carbocycles. The number of fused-ring (bicyclic) bond motifs is 3. The predicted octanol–water partition coefficient (Wildman–Crippen LogP) is 5.47. The minimum atomic E-state index is -0.0346. The van der Waals surface area contributed by atoms with Crippen molar-refractivity contribution in [2.24, 2.45) is 17.8 Å². The Kier molecular flexibility index (Phi) is 5.50. The van der Waals surface area contributed by atoms with Crippen molar-refractivity contribution in [1.82, 2.24) is 10.3 Å². The fourth-order valence-electron chi connectivity index (χ4n) is 5.81. The SMILES string of the molecule is COc1ccc(-c2cc(C(=O)N[C@H](C)[C@H]3C[C@@H]4CC[C@@H]3C4)c3ccccc3n2)c(OC)c1. The van der Waals surface area contributed by atoms with Crippen LogP contribution in [-0.2, 0) is 0 Å². The lowest BCUT2D eigenvalue weighted by molar-refractivity contribution is 0.0917. The van der Waals surface area contributed by atoms with E-state index < -0.39 is 0 Å². The van der Waals surface area contributed by atoms with Gasteiger partial charge in [0.05, 0.1) is 31.0 Å². The second-order valence-corrected chi connectivity index (χ2v) is 9.24. The summed E-state index contributed by atoms with van der Waals surface area (Å²) in [6.45, 7) is 2.17. The normalized spacial score (nSPS) is 22.7. The van der Waals surface area contributed by atoms with Crippen molar-refractivity contribution >= 4 is 16.8 Å². The molecule has 2 aromatic carbocycles. The van der Waals surface area contributed by atoms with E-state index in [2.05, 4.69) is 12.2 Å². The number of nitrogens with one attached hydrogen (secondary N) is 1. The summed E-state index contributed by atoms with van der Waals surface area (Å²) in [7, 11) is 3.26. The van der Waals surface area contributed by atoms with Gasteiger partial charge >= 0.3 is 0 Å². The summed E-state index contributed by atoms with van der Waals surface area (Å²) in [6, 6.07) is 15.5. The standard InChI is InChI=1S/C27H30N2O3/c1-16(22-13-17-8-9-18(22)12-17)28-27(30)23-15-25(29-24-7-5-4-6-20(23)24)21-11-10-19(31-2)14-26(21)32-3/h4-7,10-11,14-18,22H,8-9,12-13H2,1-3H3,(H,28,30)/t16-,17-,18-,22-/m1/s1. The maximum atomic E-state index is 13.5. The second kappa shape index (κ2) is 8.45. The molecule has 2 bridgehead atoms. The average molecular weight is 431 g/mol. The van der Waals surface area contributed by atoms with E-state index in [-0.39, 0.29) is 11.9 Å². The highest BCUT2D eigenvalue weighted by Crippen LogP contribution is 2.49. The second-order valence-electron chi connectivity index (χ2n) is 9.24. The highest BCUT2D eigenvalue weighted by Gasteiger charge is 2.42. The number of hydrogen-bond acceptors (Lipinski definition) is 4. The quantitative estimate of drug-likeness (QED) is 0.563. The molecule has 3 aromatic rings. The third kappa shape index (κ3) is 3.70. The van der Waals surface area contributed by atoms with E-state index in [0.717, 1.165) is 28.3 Å². The van der Waals surface area contributed by atoms with Gasteiger partial charge in [0.15, 0.2) is 0 Å². The lowest BCUT2D eigenvalue weighted by Crippen LogP contribution is -2.40. The Labute approximate surface area is 189 Å². The maximum absolute atomic E-state index is 13.5. The molecule has 0 unspecified atom stereocenters.